The monoisotopic (exact) mass is 231 g/mol. The number of carbonyl (C=O) groups excluding carboxylic acids is 1. The van der Waals surface area contributed by atoms with Crippen molar-refractivity contribution in [1.29, 1.82) is 0 Å². The van der Waals surface area contributed by atoms with E-state index in [1.807, 2.05) is 13.8 Å². The molecule has 1 aromatic carbocycles. The molecule has 0 unspecified atom stereocenters. The summed E-state index contributed by atoms with van der Waals surface area (Å²) in [6, 6.07) is 4.04. The van der Waals surface area contributed by atoms with Gasteiger partial charge in [-0.1, -0.05) is 19.9 Å². The third-order valence-corrected chi connectivity index (χ3v) is 2.11. The number of carbonyl (C=O) groups is 1. The molecule has 0 amide bonds. The molecule has 0 heterocycles. The van der Waals surface area contributed by atoms with Crippen LogP contribution in [-0.4, -0.2) is 10.9 Å². The van der Waals surface area contributed by atoms with Gasteiger partial charge < -0.3 is 9.90 Å². The molecule has 0 saturated carbocycles. The Bertz CT molecular complexity index is 417. The normalized spacial score (nSPS) is 9.69. The van der Waals surface area contributed by atoms with Gasteiger partial charge in [-0.15, -0.1) is 0 Å². The molecule has 5 nitrogen and oxygen atoms in total. The Hall–Kier alpha value is -0.910. The predicted octanol–water partition coefficient (Wildman–Crippen LogP) is -1.91. The minimum atomic E-state index is -1.53. The predicted molar refractivity (Wildman–Crippen MR) is 51.5 cm³/mol. The van der Waals surface area contributed by atoms with Crippen LogP contribution in [0, 0.1) is 10.1 Å². The van der Waals surface area contributed by atoms with Crippen LogP contribution in [0.2, 0.25) is 0 Å². The van der Waals surface area contributed by atoms with E-state index < -0.39 is 16.6 Å². The van der Waals surface area contributed by atoms with Crippen molar-refractivity contribution in [3.8, 4) is 0 Å². The van der Waals surface area contributed by atoms with Crippen molar-refractivity contribution in [2.75, 3.05) is 0 Å². The molecule has 6 heteroatoms. The number of rotatable bonds is 3. The van der Waals surface area contributed by atoms with E-state index in [1.165, 1.54) is 12.1 Å². The zero-order valence-corrected chi connectivity index (χ0v) is 11.4. The zero-order valence-electron chi connectivity index (χ0n) is 9.39. The first-order chi connectivity index (χ1) is 6.93. The van der Waals surface area contributed by atoms with Crippen LogP contribution in [0.25, 0.3) is 0 Å². The summed E-state index contributed by atoms with van der Waals surface area (Å²) in [6.07, 6.45) is 0. The molecule has 0 atom stereocenters. The molecule has 0 aliphatic heterocycles. The summed E-state index contributed by atoms with van der Waals surface area (Å²) in [6.45, 7) is 3.75. The van der Waals surface area contributed by atoms with E-state index >= 15 is 0 Å². The first kappa shape index (κ1) is 15.1. The maximum Gasteiger partial charge on any atom is 1.00 e. The Morgan fingerprint density at radius 1 is 1.38 bits per heavy atom. The Morgan fingerprint density at radius 3 is 2.31 bits per heavy atom. The Labute approximate surface area is 115 Å². The number of nitro groups is 1. The molecule has 0 spiro atoms. The van der Waals surface area contributed by atoms with Crippen LogP contribution in [0.5, 0.6) is 0 Å². The van der Waals surface area contributed by atoms with E-state index in [-0.39, 0.29) is 41.0 Å². The fourth-order valence-corrected chi connectivity index (χ4v) is 1.23. The average molecular weight is 231 g/mol. The largest absolute Gasteiger partial charge is 1.00 e. The number of nitrogens with zero attached hydrogens (tertiary/aromatic N) is 1. The molecule has 0 aromatic heterocycles. The van der Waals surface area contributed by atoms with Gasteiger partial charge in [-0.05, 0) is 17.5 Å². The fraction of sp³-hybridized carbons (Fsp3) is 0.300. The van der Waals surface area contributed by atoms with Gasteiger partial charge in [0, 0.05) is 6.07 Å². The van der Waals surface area contributed by atoms with Crippen molar-refractivity contribution in [3.63, 3.8) is 0 Å². The molecular weight excluding hydrogens is 221 g/mol. The Morgan fingerprint density at radius 2 is 1.94 bits per heavy atom. The number of aromatic carboxylic acids is 1. The molecule has 1 rings (SSSR count). The molecule has 80 valence electrons. The van der Waals surface area contributed by atoms with Crippen LogP contribution < -0.4 is 34.7 Å². The van der Waals surface area contributed by atoms with Crippen molar-refractivity contribution < 1.29 is 44.4 Å². The summed E-state index contributed by atoms with van der Waals surface area (Å²) in [5, 5.41) is 21.2. The van der Waals surface area contributed by atoms with Gasteiger partial charge in [0.05, 0.1) is 16.5 Å². The minimum absolute atomic E-state index is 0. The average Bonchev–Trinajstić information content (AvgIpc) is 2.16. The van der Waals surface area contributed by atoms with Crippen molar-refractivity contribution in [1.82, 2.24) is 0 Å². The van der Waals surface area contributed by atoms with Crippen LogP contribution in [0.1, 0.15) is 35.7 Å². The SMILES string of the molecule is CC(C)c1ccc(C(=O)[O-])c([N+](=O)[O-])c1.[Na+]. The second kappa shape index (κ2) is 5.98. The zero-order chi connectivity index (χ0) is 11.6. The number of carboxylic acids is 1. The molecule has 0 fully saturated rings. The van der Waals surface area contributed by atoms with E-state index in [9.17, 15) is 20.0 Å². The van der Waals surface area contributed by atoms with Crippen molar-refractivity contribution in [3.05, 3.63) is 39.4 Å². The maximum atomic E-state index is 10.6. The third kappa shape index (κ3) is 3.30. The fourth-order valence-electron chi connectivity index (χ4n) is 1.23. The minimum Gasteiger partial charge on any atom is -0.545 e. The van der Waals surface area contributed by atoms with Gasteiger partial charge >= 0.3 is 29.6 Å². The molecule has 16 heavy (non-hydrogen) atoms. The quantitative estimate of drug-likeness (QED) is 0.345. The summed E-state index contributed by atoms with van der Waals surface area (Å²) in [7, 11) is 0. The van der Waals surface area contributed by atoms with Crippen LogP contribution >= 0.6 is 0 Å². The van der Waals surface area contributed by atoms with Crippen LogP contribution in [0.15, 0.2) is 18.2 Å². The van der Waals surface area contributed by atoms with E-state index in [2.05, 4.69) is 0 Å². The standard InChI is InChI=1S/C10H11NO4.Na/c1-6(2)7-3-4-8(10(12)13)9(5-7)11(14)15;/h3-6H,1-2H3,(H,12,13);/q;+1/p-1. The van der Waals surface area contributed by atoms with E-state index in [0.717, 1.165) is 5.56 Å². The molecule has 0 aliphatic rings. The smallest absolute Gasteiger partial charge is 0.545 e. The molecule has 0 radical (unpaired) electrons. The summed E-state index contributed by atoms with van der Waals surface area (Å²) in [4.78, 5) is 20.5. The van der Waals surface area contributed by atoms with Crippen molar-refractivity contribution in [2.45, 2.75) is 19.8 Å². The molecule has 0 saturated heterocycles. The summed E-state index contributed by atoms with van der Waals surface area (Å²) in [5.41, 5.74) is -0.0719. The molecule has 0 N–H and O–H groups in total. The van der Waals surface area contributed by atoms with Gasteiger partial charge in [-0.2, -0.15) is 0 Å². The second-order valence-corrected chi connectivity index (χ2v) is 3.48. The van der Waals surface area contributed by atoms with Crippen molar-refractivity contribution >= 4 is 11.7 Å². The number of carboxylic acid groups (broad SMARTS) is 1. The molecule has 0 bridgehead atoms. The van der Waals surface area contributed by atoms with E-state index in [1.54, 1.807) is 6.07 Å². The van der Waals surface area contributed by atoms with E-state index in [4.69, 9.17) is 0 Å². The Balaban J connectivity index is 0.00000225. The molecule has 1 aromatic rings. The summed E-state index contributed by atoms with van der Waals surface area (Å²) < 4.78 is 0. The first-order valence-corrected chi connectivity index (χ1v) is 4.43. The van der Waals surface area contributed by atoms with Gasteiger partial charge in [0.2, 0.25) is 0 Å². The van der Waals surface area contributed by atoms with Crippen LogP contribution in [0.3, 0.4) is 0 Å². The maximum absolute atomic E-state index is 10.6. The number of benzene rings is 1. The number of nitro benzene ring substituents is 1. The summed E-state index contributed by atoms with van der Waals surface area (Å²) in [5.74, 6) is -1.42. The van der Waals surface area contributed by atoms with Crippen LogP contribution in [0.4, 0.5) is 5.69 Å². The van der Waals surface area contributed by atoms with Gasteiger partial charge in [0.25, 0.3) is 5.69 Å². The molecular formula is C10H10NNaO4. The topological polar surface area (TPSA) is 83.3 Å². The van der Waals surface area contributed by atoms with Crippen LogP contribution in [-0.2, 0) is 0 Å². The van der Waals surface area contributed by atoms with E-state index in [0.29, 0.717) is 0 Å². The summed E-state index contributed by atoms with van der Waals surface area (Å²) >= 11 is 0. The second-order valence-electron chi connectivity index (χ2n) is 3.48. The van der Waals surface area contributed by atoms with Gasteiger partial charge in [0.1, 0.15) is 0 Å². The van der Waals surface area contributed by atoms with Gasteiger partial charge in [0.15, 0.2) is 0 Å². The number of hydrogen-bond donors (Lipinski definition) is 0. The van der Waals surface area contributed by atoms with Gasteiger partial charge in [-0.25, -0.2) is 0 Å². The first-order valence-electron chi connectivity index (χ1n) is 4.43. The van der Waals surface area contributed by atoms with Gasteiger partial charge in [-0.3, -0.25) is 10.1 Å². The van der Waals surface area contributed by atoms with Crippen molar-refractivity contribution in [2.24, 2.45) is 0 Å². The third-order valence-electron chi connectivity index (χ3n) is 2.11. The Kier molecular flexibility index (Phi) is 5.64. The number of hydrogen-bond acceptors (Lipinski definition) is 4. The molecule has 0 aliphatic carbocycles.